The lowest BCUT2D eigenvalue weighted by molar-refractivity contribution is 0.235. The summed E-state index contributed by atoms with van der Waals surface area (Å²) < 4.78 is 6.57. The summed E-state index contributed by atoms with van der Waals surface area (Å²) >= 11 is 0. The third-order valence-electron chi connectivity index (χ3n) is 2.73. The Balaban J connectivity index is 2.78. The monoisotopic (exact) mass is 234 g/mol. The molecule has 0 fully saturated rings. The zero-order chi connectivity index (χ0) is 12.4. The lowest BCUT2D eigenvalue weighted by Gasteiger charge is -2.13. The number of benzene rings is 1. The highest BCUT2D eigenvalue weighted by Gasteiger charge is 2.12. The number of nitrogens with zero attached hydrogens (tertiary/aromatic N) is 2. The van der Waals surface area contributed by atoms with E-state index < -0.39 is 0 Å². The molecule has 1 aromatic carbocycles. The van der Waals surface area contributed by atoms with Crippen molar-refractivity contribution >= 4 is 10.9 Å². The summed E-state index contributed by atoms with van der Waals surface area (Å²) in [6, 6.07) is 4.96. The van der Waals surface area contributed by atoms with Gasteiger partial charge in [-0.05, 0) is 19.1 Å². The fourth-order valence-corrected chi connectivity index (χ4v) is 1.72. The second-order valence-corrected chi connectivity index (χ2v) is 3.84. The van der Waals surface area contributed by atoms with Gasteiger partial charge in [-0.25, -0.2) is 4.98 Å². The minimum absolute atomic E-state index is 0.109. The molecule has 0 aliphatic rings. The minimum atomic E-state index is -0.302. The van der Waals surface area contributed by atoms with Gasteiger partial charge in [-0.2, -0.15) is 0 Å². The zero-order valence-corrected chi connectivity index (χ0v) is 9.75. The van der Waals surface area contributed by atoms with Crippen LogP contribution >= 0.6 is 0 Å². The Morgan fingerprint density at radius 1 is 1.53 bits per heavy atom. The molecule has 0 aliphatic carbocycles. The number of aliphatic hydroxyl groups excluding tert-OH is 1. The van der Waals surface area contributed by atoms with Crippen LogP contribution in [0.2, 0.25) is 0 Å². The summed E-state index contributed by atoms with van der Waals surface area (Å²) in [6.45, 7) is 1.65. The van der Waals surface area contributed by atoms with Crippen molar-refractivity contribution in [3.63, 3.8) is 0 Å². The van der Waals surface area contributed by atoms with E-state index in [4.69, 9.17) is 9.84 Å². The normalized spacial score (nSPS) is 12.6. The first-order valence-corrected chi connectivity index (χ1v) is 5.33. The first kappa shape index (κ1) is 11.6. The van der Waals surface area contributed by atoms with E-state index in [1.165, 1.54) is 18.0 Å². The topological polar surface area (TPSA) is 64.3 Å². The molecule has 0 unspecified atom stereocenters. The Kier molecular flexibility index (Phi) is 3.10. The highest BCUT2D eigenvalue weighted by atomic mass is 16.5. The van der Waals surface area contributed by atoms with Crippen LogP contribution in [-0.4, -0.2) is 28.4 Å². The average Bonchev–Trinajstić information content (AvgIpc) is 2.37. The van der Waals surface area contributed by atoms with Crippen LogP contribution in [0.1, 0.15) is 13.0 Å². The molecule has 0 saturated heterocycles. The van der Waals surface area contributed by atoms with Crippen molar-refractivity contribution in [2.24, 2.45) is 0 Å². The van der Waals surface area contributed by atoms with Gasteiger partial charge in [0.15, 0.2) is 0 Å². The van der Waals surface area contributed by atoms with Gasteiger partial charge in [-0.15, -0.1) is 0 Å². The van der Waals surface area contributed by atoms with E-state index in [1.54, 1.807) is 25.1 Å². The summed E-state index contributed by atoms with van der Waals surface area (Å²) in [5, 5.41) is 9.53. The van der Waals surface area contributed by atoms with Crippen LogP contribution in [0.3, 0.4) is 0 Å². The van der Waals surface area contributed by atoms with Crippen molar-refractivity contribution in [1.82, 2.24) is 9.55 Å². The van der Waals surface area contributed by atoms with Crippen LogP contribution in [0.25, 0.3) is 10.9 Å². The van der Waals surface area contributed by atoms with Gasteiger partial charge in [0.1, 0.15) is 11.1 Å². The molecule has 0 bridgehead atoms. The molecule has 1 heterocycles. The molecular formula is C12H14N2O3. The maximum Gasteiger partial charge on any atom is 0.265 e. The molecule has 0 aliphatic heterocycles. The second kappa shape index (κ2) is 4.55. The predicted molar refractivity (Wildman–Crippen MR) is 64.4 cm³/mol. The first-order chi connectivity index (χ1) is 8.19. The van der Waals surface area contributed by atoms with Gasteiger partial charge < -0.3 is 9.84 Å². The van der Waals surface area contributed by atoms with E-state index in [9.17, 15) is 4.79 Å². The summed E-state index contributed by atoms with van der Waals surface area (Å²) in [5.41, 5.74) is 0.393. The molecule has 17 heavy (non-hydrogen) atoms. The van der Waals surface area contributed by atoms with E-state index in [1.807, 2.05) is 0 Å². The Hall–Kier alpha value is -1.88. The van der Waals surface area contributed by atoms with Crippen molar-refractivity contribution in [1.29, 1.82) is 0 Å². The van der Waals surface area contributed by atoms with Gasteiger partial charge in [0, 0.05) is 0 Å². The maximum absolute atomic E-state index is 12.2. The average molecular weight is 234 g/mol. The van der Waals surface area contributed by atoms with Gasteiger partial charge in [-0.1, -0.05) is 6.07 Å². The fraction of sp³-hybridized carbons (Fsp3) is 0.333. The van der Waals surface area contributed by atoms with E-state index in [-0.39, 0.29) is 18.2 Å². The second-order valence-electron chi connectivity index (χ2n) is 3.84. The van der Waals surface area contributed by atoms with Crippen molar-refractivity contribution < 1.29 is 9.84 Å². The quantitative estimate of drug-likeness (QED) is 0.859. The van der Waals surface area contributed by atoms with Crippen molar-refractivity contribution in [2.45, 2.75) is 13.0 Å². The first-order valence-electron chi connectivity index (χ1n) is 5.33. The Bertz CT molecular complexity index is 592. The maximum atomic E-state index is 12.2. The van der Waals surface area contributed by atoms with Crippen LogP contribution in [0, 0.1) is 0 Å². The third-order valence-corrected chi connectivity index (χ3v) is 2.73. The largest absolute Gasteiger partial charge is 0.496 e. The predicted octanol–water partition coefficient (Wildman–Crippen LogP) is 0.958. The van der Waals surface area contributed by atoms with Gasteiger partial charge >= 0.3 is 0 Å². The van der Waals surface area contributed by atoms with Gasteiger partial charge in [0.25, 0.3) is 5.56 Å². The standard InChI is InChI=1S/C12H14N2O3/c1-8(6-15)14-7-13-9-4-3-5-10(17-2)11(9)12(14)16/h3-5,7-8,15H,6H2,1-2H3/t8-/m1/s1. The number of methoxy groups -OCH3 is 1. The van der Waals surface area contributed by atoms with Crippen molar-refractivity contribution in [3.05, 3.63) is 34.9 Å². The smallest absolute Gasteiger partial charge is 0.265 e. The van der Waals surface area contributed by atoms with Crippen molar-refractivity contribution in [2.75, 3.05) is 13.7 Å². The van der Waals surface area contributed by atoms with E-state index in [2.05, 4.69) is 4.98 Å². The molecule has 90 valence electrons. The lowest BCUT2D eigenvalue weighted by Crippen LogP contribution is -2.25. The van der Waals surface area contributed by atoms with E-state index >= 15 is 0 Å². The Morgan fingerprint density at radius 3 is 2.94 bits per heavy atom. The molecule has 0 amide bonds. The summed E-state index contributed by atoms with van der Waals surface area (Å²) in [5.74, 6) is 0.500. The number of ether oxygens (including phenoxy) is 1. The fourth-order valence-electron chi connectivity index (χ4n) is 1.72. The highest BCUT2D eigenvalue weighted by molar-refractivity contribution is 5.83. The number of hydrogen-bond acceptors (Lipinski definition) is 4. The molecule has 0 saturated carbocycles. The van der Waals surface area contributed by atoms with Crippen LogP contribution in [0.4, 0.5) is 0 Å². The molecular weight excluding hydrogens is 220 g/mol. The minimum Gasteiger partial charge on any atom is -0.496 e. The number of aromatic nitrogens is 2. The van der Waals surface area contributed by atoms with Crippen LogP contribution in [0.5, 0.6) is 5.75 Å². The van der Waals surface area contributed by atoms with Gasteiger partial charge in [0.05, 0.1) is 31.6 Å². The summed E-state index contributed by atoms with van der Waals surface area (Å²) in [6.07, 6.45) is 1.45. The molecule has 0 radical (unpaired) electrons. The van der Waals surface area contributed by atoms with Gasteiger partial charge in [0.2, 0.25) is 0 Å². The Labute approximate surface area is 98.3 Å². The molecule has 2 aromatic rings. The zero-order valence-electron chi connectivity index (χ0n) is 9.75. The molecule has 1 N–H and O–H groups in total. The summed E-state index contributed by atoms with van der Waals surface area (Å²) in [7, 11) is 1.51. The molecule has 5 heteroatoms. The summed E-state index contributed by atoms with van der Waals surface area (Å²) in [4.78, 5) is 16.4. The van der Waals surface area contributed by atoms with Crippen LogP contribution < -0.4 is 10.3 Å². The number of hydrogen-bond donors (Lipinski definition) is 1. The van der Waals surface area contributed by atoms with E-state index in [0.29, 0.717) is 16.7 Å². The molecule has 2 rings (SSSR count). The Morgan fingerprint density at radius 2 is 2.29 bits per heavy atom. The molecule has 1 atom stereocenters. The van der Waals surface area contributed by atoms with Gasteiger partial charge in [-0.3, -0.25) is 9.36 Å². The molecule has 0 spiro atoms. The van der Waals surface area contributed by atoms with Crippen LogP contribution in [0.15, 0.2) is 29.3 Å². The van der Waals surface area contributed by atoms with E-state index in [0.717, 1.165) is 0 Å². The SMILES string of the molecule is COc1cccc2ncn([C@H](C)CO)c(=O)c12. The number of aliphatic hydroxyl groups is 1. The number of rotatable bonds is 3. The number of fused-ring (bicyclic) bond motifs is 1. The lowest BCUT2D eigenvalue weighted by atomic mass is 10.2. The van der Waals surface area contributed by atoms with Crippen molar-refractivity contribution in [3.8, 4) is 5.75 Å². The van der Waals surface area contributed by atoms with Crippen LogP contribution in [-0.2, 0) is 0 Å². The highest BCUT2D eigenvalue weighted by Crippen LogP contribution is 2.20. The third kappa shape index (κ3) is 1.89. The molecule has 5 nitrogen and oxygen atoms in total. The molecule has 1 aromatic heterocycles.